The first-order chi connectivity index (χ1) is 10.8. The number of carbonyl (C=O) groups excluding carboxylic acids is 1. The lowest BCUT2D eigenvalue weighted by molar-refractivity contribution is 0.0696. The third-order valence-corrected chi connectivity index (χ3v) is 4.14. The molecule has 2 aromatic rings. The molecule has 0 bridgehead atoms. The van der Waals surface area contributed by atoms with E-state index in [-0.39, 0.29) is 17.6 Å². The van der Waals surface area contributed by atoms with Crippen LogP contribution >= 0.6 is 11.3 Å². The number of hydrogen-bond donors (Lipinski definition) is 2. The SMILES string of the molecule is CC(C)(C)c1csc(NC(=O)OCc2ccccc2)c1C(=O)O. The first-order valence-electron chi connectivity index (χ1n) is 7.12. The Kier molecular flexibility index (Phi) is 5.05. The van der Waals surface area contributed by atoms with Crippen molar-refractivity contribution in [2.45, 2.75) is 32.8 Å². The summed E-state index contributed by atoms with van der Waals surface area (Å²) < 4.78 is 5.13. The lowest BCUT2D eigenvalue weighted by Gasteiger charge is -2.18. The van der Waals surface area contributed by atoms with E-state index in [0.29, 0.717) is 10.6 Å². The van der Waals surface area contributed by atoms with E-state index in [1.165, 1.54) is 11.3 Å². The molecule has 0 atom stereocenters. The Bertz CT molecular complexity index is 701. The summed E-state index contributed by atoms with van der Waals surface area (Å²) >= 11 is 1.19. The second-order valence-corrected chi connectivity index (χ2v) is 6.98. The Morgan fingerprint density at radius 3 is 2.43 bits per heavy atom. The van der Waals surface area contributed by atoms with Gasteiger partial charge in [0.1, 0.15) is 11.6 Å². The van der Waals surface area contributed by atoms with Crippen molar-refractivity contribution >= 4 is 28.4 Å². The fourth-order valence-corrected chi connectivity index (χ4v) is 3.23. The Balaban J connectivity index is 2.09. The Morgan fingerprint density at radius 1 is 1.22 bits per heavy atom. The summed E-state index contributed by atoms with van der Waals surface area (Å²) in [6.45, 7) is 5.92. The van der Waals surface area contributed by atoms with Gasteiger partial charge in [-0.3, -0.25) is 5.32 Å². The van der Waals surface area contributed by atoms with Gasteiger partial charge in [0.2, 0.25) is 0 Å². The molecule has 0 aliphatic carbocycles. The molecule has 0 saturated heterocycles. The van der Waals surface area contributed by atoms with Gasteiger partial charge in [-0.1, -0.05) is 51.1 Å². The summed E-state index contributed by atoms with van der Waals surface area (Å²) in [5.74, 6) is -1.06. The number of anilines is 1. The molecule has 122 valence electrons. The van der Waals surface area contributed by atoms with E-state index in [1.54, 1.807) is 5.38 Å². The van der Waals surface area contributed by atoms with E-state index in [0.717, 1.165) is 5.56 Å². The maximum Gasteiger partial charge on any atom is 0.412 e. The number of carbonyl (C=O) groups is 2. The van der Waals surface area contributed by atoms with Crippen LogP contribution < -0.4 is 5.32 Å². The summed E-state index contributed by atoms with van der Waals surface area (Å²) in [4.78, 5) is 23.4. The van der Waals surface area contributed by atoms with Crippen LogP contribution in [-0.2, 0) is 16.8 Å². The second kappa shape index (κ2) is 6.83. The van der Waals surface area contributed by atoms with Gasteiger partial charge in [0.05, 0.1) is 5.56 Å². The number of thiophene rings is 1. The highest BCUT2D eigenvalue weighted by atomic mass is 32.1. The third-order valence-electron chi connectivity index (χ3n) is 3.24. The predicted octanol–water partition coefficient (Wildman–Crippen LogP) is 4.49. The van der Waals surface area contributed by atoms with Gasteiger partial charge in [0, 0.05) is 0 Å². The number of hydrogen-bond acceptors (Lipinski definition) is 4. The molecule has 0 spiro atoms. The summed E-state index contributed by atoms with van der Waals surface area (Å²) in [6.07, 6.45) is -0.668. The minimum Gasteiger partial charge on any atom is -0.478 e. The van der Waals surface area contributed by atoms with E-state index in [2.05, 4.69) is 5.32 Å². The number of ether oxygens (including phenoxy) is 1. The van der Waals surface area contributed by atoms with E-state index >= 15 is 0 Å². The van der Waals surface area contributed by atoms with E-state index < -0.39 is 12.1 Å². The highest BCUT2D eigenvalue weighted by molar-refractivity contribution is 7.15. The molecule has 1 aromatic heterocycles. The van der Waals surface area contributed by atoms with Crippen LogP contribution in [0.4, 0.5) is 9.80 Å². The molecule has 0 aliphatic rings. The second-order valence-electron chi connectivity index (χ2n) is 6.10. The van der Waals surface area contributed by atoms with Gasteiger partial charge < -0.3 is 9.84 Å². The van der Waals surface area contributed by atoms with Crippen LogP contribution in [0.2, 0.25) is 0 Å². The predicted molar refractivity (Wildman–Crippen MR) is 90.2 cm³/mol. The van der Waals surface area contributed by atoms with E-state index in [9.17, 15) is 14.7 Å². The Labute approximate surface area is 138 Å². The summed E-state index contributed by atoms with van der Waals surface area (Å²) in [7, 11) is 0. The maximum absolute atomic E-state index is 11.9. The molecule has 2 N–H and O–H groups in total. The molecule has 1 aromatic carbocycles. The van der Waals surface area contributed by atoms with Crippen molar-refractivity contribution in [3.63, 3.8) is 0 Å². The number of carboxylic acids is 1. The van der Waals surface area contributed by atoms with Crippen LogP contribution in [0.15, 0.2) is 35.7 Å². The van der Waals surface area contributed by atoms with E-state index in [4.69, 9.17) is 4.74 Å². The highest BCUT2D eigenvalue weighted by Gasteiger charge is 2.27. The quantitative estimate of drug-likeness (QED) is 0.864. The van der Waals surface area contributed by atoms with Gasteiger partial charge in [0.25, 0.3) is 0 Å². The van der Waals surface area contributed by atoms with Crippen LogP contribution in [0.3, 0.4) is 0 Å². The average molecular weight is 333 g/mol. The Morgan fingerprint density at radius 2 is 1.87 bits per heavy atom. The van der Waals surface area contributed by atoms with Crippen molar-refractivity contribution < 1.29 is 19.4 Å². The number of benzene rings is 1. The third kappa shape index (κ3) is 4.32. The van der Waals surface area contributed by atoms with Gasteiger partial charge >= 0.3 is 12.1 Å². The summed E-state index contributed by atoms with van der Waals surface area (Å²) in [5, 5.41) is 14.0. The molecule has 0 saturated carbocycles. The number of rotatable bonds is 4. The zero-order valence-corrected chi connectivity index (χ0v) is 14.1. The van der Waals surface area contributed by atoms with Crippen molar-refractivity contribution in [3.8, 4) is 0 Å². The topological polar surface area (TPSA) is 75.6 Å². The number of amides is 1. The van der Waals surface area contributed by atoms with Crippen molar-refractivity contribution in [1.82, 2.24) is 0 Å². The monoisotopic (exact) mass is 333 g/mol. The van der Waals surface area contributed by atoms with Gasteiger partial charge in [-0.2, -0.15) is 0 Å². The molecule has 1 heterocycles. The minimum absolute atomic E-state index is 0.124. The van der Waals surface area contributed by atoms with Gasteiger partial charge in [-0.15, -0.1) is 11.3 Å². The zero-order valence-electron chi connectivity index (χ0n) is 13.3. The average Bonchev–Trinajstić information content (AvgIpc) is 2.90. The maximum atomic E-state index is 11.9. The number of nitrogens with one attached hydrogen (secondary N) is 1. The van der Waals surface area contributed by atoms with Crippen LogP contribution in [0, 0.1) is 0 Å². The van der Waals surface area contributed by atoms with Crippen LogP contribution in [0.1, 0.15) is 42.3 Å². The number of carboxylic acid groups (broad SMARTS) is 1. The van der Waals surface area contributed by atoms with Crippen LogP contribution in [0.25, 0.3) is 0 Å². The molecule has 23 heavy (non-hydrogen) atoms. The van der Waals surface area contributed by atoms with E-state index in [1.807, 2.05) is 51.1 Å². The molecule has 5 nitrogen and oxygen atoms in total. The summed E-state index contributed by atoms with van der Waals surface area (Å²) in [5.41, 5.74) is 1.35. The molecular weight excluding hydrogens is 314 g/mol. The molecule has 0 radical (unpaired) electrons. The lowest BCUT2D eigenvalue weighted by atomic mass is 9.86. The molecule has 0 aliphatic heterocycles. The van der Waals surface area contributed by atoms with Crippen molar-refractivity contribution in [2.24, 2.45) is 0 Å². The molecule has 1 amide bonds. The zero-order chi connectivity index (χ0) is 17.0. The lowest BCUT2D eigenvalue weighted by Crippen LogP contribution is -2.18. The fourth-order valence-electron chi connectivity index (χ4n) is 2.07. The molecule has 2 rings (SSSR count). The standard InChI is InChI=1S/C17H19NO4S/c1-17(2,3)12-10-23-14(13(12)15(19)20)18-16(21)22-9-11-7-5-4-6-8-11/h4-8,10H,9H2,1-3H3,(H,18,21)(H,19,20). The minimum atomic E-state index is -1.06. The largest absolute Gasteiger partial charge is 0.478 e. The normalized spacial score (nSPS) is 11.1. The fraction of sp³-hybridized carbons (Fsp3) is 0.294. The highest BCUT2D eigenvalue weighted by Crippen LogP contribution is 2.36. The molecule has 6 heteroatoms. The molecule has 0 unspecified atom stereocenters. The number of aromatic carboxylic acids is 1. The first kappa shape index (κ1) is 17.0. The van der Waals surface area contributed by atoms with Crippen molar-refractivity contribution in [1.29, 1.82) is 0 Å². The van der Waals surface area contributed by atoms with Gasteiger partial charge in [0.15, 0.2) is 0 Å². The molecule has 0 fully saturated rings. The summed E-state index contributed by atoms with van der Waals surface area (Å²) in [6, 6.07) is 9.28. The molecular formula is C17H19NO4S. The van der Waals surface area contributed by atoms with Crippen molar-refractivity contribution in [2.75, 3.05) is 5.32 Å². The first-order valence-corrected chi connectivity index (χ1v) is 8.00. The van der Waals surface area contributed by atoms with Crippen molar-refractivity contribution in [3.05, 3.63) is 52.4 Å². The Hall–Kier alpha value is -2.34. The van der Waals surface area contributed by atoms with Crippen LogP contribution in [-0.4, -0.2) is 17.2 Å². The van der Waals surface area contributed by atoms with Crippen LogP contribution in [0.5, 0.6) is 0 Å². The smallest absolute Gasteiger partial charge is 0.412 e. The van der Waals surface area contributed by atoms with Gasteiger partial charge in [-0.25, -0.2) is 9.59 Å². The van der Waals surface area contributed by atoms with Gasteiger partial charge in [-0.05, 0) is 21.9 Å².